The van der Waals surface area contributed by atoms with E-state index >= 15 is 0 Å². The van der Waals surface area contributed by atoms with Crippen molar-refractivity contribution in [2.45, 2.75) is 52.4 Å². The standard InChI is InChI=1S/C15H35NO6P2/c1-7-19-23(17,20-8-2)15(13-11-12-14-16(5)6)24(18,21-9-3)22-10-4/h15H,7-14H2,1-6H3. The minimum atomic E-state index is -3.60. The van der Waals surface area contributed by atoms with Crippen molar-refractivity contribution in [2.24, 2.45) is 0 Å². The Bertz CT molecular complexity index is 369. The van der Waals surface area contributed by atoms with Crippen LogP contribution in [0.5, 0.6) is 0 Å². The number of nitrogens with zero attached hydrogens (tertiary/aromatic N) is 1. The molecule has 0 aliphatic rings. The van der Waals surface area contributed by atoms with Crippen LogP contribution in [0, 0.1) is 0 Å². The van der Waals surface area contributed by atoms with E-state index in [2.05, 4.69) is 4.90 Å². The van der Waals surface area contributed by atoms with Crippen molar-refractivity contribution in [3.8, 4) is 0 Å². The molecule has 0 aromatic rings. The van der Waals surface area contributed by atoms with E-state index in [4.69, 9.17) is 18.1 Å². The first-order valence-corrected chi connectivity index (χ1v) is 11.9. The fourth-order valence-corrected chi connectivity index (χ4v) is 7.84. The molecule has 9 heteroatoms. The summed E-state index contributed by atoms with van der Waals surface area (Å²) in [6.45, 7) is 8.69. The van der Waals surface area contributed by atoms with Crippen molar-refractivity contribution < 1.29 is 27.2 Å². The lowest BCUT2D eigenvalue weighted by Crippen LogP contribution is -2.19. The predicted octanol–water partition coefficient (Wildman–Crippen LogP) is 4.58. The van der Waals surface area contributed by atoms with Crippen LogP contribution >= 0.6 is 15.2 Å². The zero-order chi connectivity index (χ0) is 18.6. The van der Waals surface area contributed by atoms with Gasteiger partial charge in [-0.2, -0.15) is 0 Å². The SMILES string of the molecule is CCOP(=O)(OCC)C(CCCCN(C)C)P(=O)(OCC)OCC. The monoisotopic (exact) mass is 387 g/mol. The molecule has 146 valence electrons. The Balaban J connectivity index is 5.44. The second-order valence-electron chi connectivity index (χ2n) is 5.53. The van der Waals surface area contributed by atoms with Gasteiger partial charge >= 0.3 is 15.2 Å². The minimum absolute atomic E-state index is 0.212. The summed E-state index contributed by atoms with van der Waals surface area (Å²) in [6, 6.07) is 0. The van der Waals surface area contributed by atoms with Crippen molar-refractivity contribution in [3.63, 3.8) is 0 Å². The Morgan fingerprint density at radius 1 is 0.750 bits per heavy atom. The van der Waals surface area contributed by atoms with Crippen LogP contribution in [0.1, 0.15) is 47.0 Å². The van der Waals surface area contributed by atoms with Crippen LogP contribution in [-0.2, 0) is 27.2 Å². The summed E-state index contributed by atoms with van der Waals surface area (Å²) in [4.78, 5) is 2.07. The third-order valence-electron chi connectivity index (χ3n) is 3.28. The highest BCUT2D eigenvalue weighted by molar-refractivity contribution is 7.72. The largest absolute Gasteiger partial charge is 0.345 e. The second kappa shape index (κ2) is 12.6. The van der Waals surface area contributed by atoms with Gasteiger partial charge < -0.3 is 23.0 Å². The van der Waals surface area contributed by atoms with Crippen LogP contribution < -0.4 is 0 Å². The molecule has 0 bridgehead atoms. The van der Waals surface area contributed by atoms with Crippen LogP contribution in [0.15, 0.2) is 0 Å². The molecule has 0 aliphatic carbocycles. The lowest BCUT2D eigenvalue weighted by molar-refractivity contribution is 0.193. The van der Waals surface area contributed by atoms with Crippen molar-refractivity contribution >= 4 is 15.2 Å². The number of rotatable bonds is 15. The smallest absolute Gasteiger partial charge is 0.309 e. The molecule has 0 radical (unpaired) electrons. The molecule has 0 saturated heterocycles. The molecule has 0 unspecified atom stereocenters. The highest BCUT2D eigenvalue weighted by Gasteiger charge is 2.50. The van der Waals surface area contributed by atoms with Gasteiger partial charge in [-0.1, -0.05) is 6.42 Å². The summed E-state index contributed by atoms with van der Waals surface area (Å²) in [6.07, 6.45) is 2.03. The number of hydrogen-bond donors (Lipinski definition) is 0. The molecule has 0 atom stereocenters. The molecule has 0 amide bonds. The number of unbranched alkanes of at least 4 members (excludes halogenated alkanes) is 1. The zero-order valence-electron chi connectivity index (χ0n) is 16.0. The molecular weight excluding hydrogens is 352 g/mol. The average Bonchev–Trinajstić information content (AvgIpc) is 2.47. The van der Waals surface area contributed by atoms with Crippen LogP contribution in [0.2, 0.25) is 0 Å². The molecule has 0 saturated carbocycles. The first-order valence-electron chi connectivity index (χ1n) is 8.71. The number of hydrogen-bond acceptors (Lipinski definition) is 7. The normalized spacial score (nSPS) is 13.2. The summed E-state index contributed by atoms with van der Waals surface area (Å²) in [5, 5.41) is -0.896. The highest BCUT2D eigenvalue weighted by atomic mass is 31.2. The van der Waals surface area contributed by atoms with E-state index < -0.39 is 20.6 Å². The molecule has 0 aromatic carbocycles. The van der Waals surface area contributed by atoms with Gasteiger partial charge in [-0.15, -0.1) is 0 Å². The Hall–Kier alpha value is 0.260. The fourth-order valence-electron chi connectivity index (χ4n) is 2.38. The Labute approximate surface area is 147 Å². The van der Waals surface area contributed by atoms with E-state index in [1.54, 1.807) is 27.7 Å². The lowest BCUT2D eigenvalue weighted by Gasteiger charge is -2.31. The van der Waals surface area contributed by atoms with Crippen molar-refractivity contribution in [1.29, 1.82) is 0 Å². The van der Waals surface area contributed by atoms with E-state index in [1.165, 1.54) is 0 Å². The first-order chi connectivity index (χ1) is 11.3. The topological polar surface area (TPSA) is 74.3 Å². The van der Waals surface area contributed by atoms with Crippen molar-refractivity contribution in [2.75, 3.05) is 47.1 Å². The van der Waals surface area contributed by atoms with Gasteiger partial charge in [0.05, 0.1) is 26.4 Å². The summed E-state index contributed by atoms with van der Waals surface area (Å²) >= 11 is 0. The maximum atomic E-state index is 13.3. The predicted molar refractivity (Wildman–Crippen MR) is 97.9 cm³/mol. The van der Waals surface area contributed by atoms with Gasteiger partial charge in [-0.05, 0) is 61.2 Å². The first kappa shape index (κ1) is 24.3. The molecule has 0 spiro atoms. The third-order valence-corrected chi connectivity index (χ3v) is 9.43. The van der Waals surface area contributed by atoms with Gasteiger partial charge in [-0.25, -0.2) is 0 Å². The van der Waals surface area contributed by atoms with Crippen LogP contribution in [0.3, 0.4) is 0 Å². The van der Waals surface area contributed by atoms with Gasteiger partial charge in [0.1, 0.15) is 0 Å². The molecular formula is C15H35NO6P2. The summed E-state index contributed by atoms with van der Waals surface area (Å²) < 4.78 is 48.3. The fraction of sp³-hybridized carbons (Fsp3) is 1.00. The maximum Gasteiger partial charge on any atom is 0.345 e. The molecule has 0 N–H and O–H groups in total. The maximum absolute atomic E-state index is 13.3. The van der Waals surface area contributed by atoms with Gasteiger partial charge in [0.25, 0.3) is 0 Å². The van der Waals surface area contributed by atoms with Gasteiger partial charge in [-0.3, -0.25) is 9.13 Å². The lowest BCUT2D eigenvalue weighted by atomic mass is 10.2. The van der Waals surface area contributed by atoms with E-state index in [-0.39, 0.29) is 26.4 Å². The summed E-state index contributed by atoms with van der Waals surface area (Å²) in [5.41, 5.74) is 0. The van der Waals surface area contributed by atoms with Gasteiger partial charge in [0, 0.05) is 0 Å². The van der Waals surface area contributed by atoms with E-state index in [9.17, 15) is 9.13 Å². The zero-order valence-corrected chi connectivity index (χ0v) is 17.8. The summed E-state index contributed by atoms with van der Waals surface area (Å²) in [7, 11) is -3.21. The molecule has 24 heavy (non-hydrogen) atoms. The molecule has 0 heterocycles. The molecule has 0 rings (SSSR count). The second-order valence-corrected chi connectivity index (χ2v) is 10.4. The van der Waals surface area contributed by atoms with Crippen molar-refractivity contribution in [3.05, 3.63) is 0 Å². The average molecular weight is 387 g/mol. The Morgan fingerprint density at radius 3 is 1.42 bits per heavy atom. The van der Waals surface area contributed by atoms with Crippen LogP contribution in [0.4, 0.5) is 0 Å². The van der Waals surface area contributed by atoms with Crippen LogP contribution in [-0.4, -0.2) is 57.4 Å². The molecule has 0 fully saturated rings. The van der Waals surface area contributed by atoms with Gasteiger partial charge in [0.2, 0.25) is 0 Å². The third kappa shape index (κ3) is 8.09. The van der Waals surface area contributed by atoms with E-state index in [0.717, 1.165) is 19.4 Å². The Morgan fingerprint density at radius 2 is 1.12 bits per heavy atom. The molecule has 0 aliphatic heterocycles. The molecule has 0 aromatic heterocycles. The van der Waals surface area contributed by atoms with Crippen molar-refractivity contribution in [1.82, 2.24) is 4.90 Å². The molecule has 7 nitrogen and oxygen atoms in total. The van der Waals surface area contributed by atoms with Crippen LogP contribution in [0.25, 0.3) is 0 Å². The Kier molecular flexibility index (Phi) is 12.7. The summed E-state index contributed by atoms with van der Waals surface area (Å²) in [5.74, 6) is 0. The van der Waals surface area contributed by atoms with E-state index in [1.807, 2.05) is 14.1 Å². The minimum Gasteiger partial charge on any atom is -0.309 e. The highest BCUT2D eigenvalue weighted by Crippen LogP contribution is 2.71. The van der Waals surface area contributed by atoms with E-state index in [0.29, 0.717) is 6.42 Å². The quantitative estimate of drug-likeness (QED) is 0.301. The van der Waals surface area contributed by atoms with Gasteiger partial charge in [0.15, 0.2) is 5.40 Å².